The number of piperidine rings is 2. The normalized spacial score (nSPS) is 23.5. The Bertz CT molecular complexity index is 1850. The van der Waals surface area contributed by atoms with Gasteiger partial charge in [-0.25, -0.2) is 16.8 Å². The van der Waals surface area contributed by atoms with Crippen molar-refractivity contribution in [3.8, 4) is 0 Å². The molecular weight excluding hydrogens is 604 g/mol. The van der Waals surface area contributed by atoms with E-state index in [4.69, 9.17) is 11.6 Å². The summed E-state index contributed by atoms with van der Waals surface area (Å²) in [6.45, 7) is 1.74. The van der Waals surface area contributed by atoms with Gasteiger partial charge in [-0.1, -0.05) is 102 Å². The molecule has 2 aliphatic heterocycles. The highest BCUT2D eigenvalue weighted by Gasteiger charge is 2.54. The Kier molecular flexibility index (Phi) is 8.04. The standard InChI is InChI=1S/C33H31ClN2O5S2/c1-23-16-18-26(19-17-23)42(38,39)35-22-27-31(20-29(35)24-10-4-2-5-11-24)36(43(40,41)33-15-9-8-14-28(33)34)30(21-32(27)37)25-12-6-3-7-13-25/h2-19,27,29-31H,20-22H2,1H3/t27?,29?,30-,31?/m0/s1. The number of sulfonamides is 2. The second kappa shape index (κ2) is 11.6. The molecular formula is C33H31ClN2O5S2. The molecule has 2 heterocycles. The average Bonchev–Trinajstić information content (AvgIpc) is 3.01. The highest BCUT2D eigenvalue weighted by atomic mass is 35.5. The number of hydrogen-bond donors (Lipinski definition) is 0. The zero-order valence-corrected chi connectivity index (χ0v) is 25.8. The van der Waals surface area contributed by atoms with Gasteiger partial charge in [-0.05, 0) is 48.7 Å². The minimum atomic E-state index is -4.22. The van der Waals surface area contributed by atoms with Crippen LogP contribution >= 0.6 is 11.6 Å². The number of carbonyl (C=O) groups is 1. The smallest absolute Gasteiger partial charge is 0.245 e. The number of Topliss-reactive ketones (excluding diaryl/α,β-unsaturated/α-hetero) is 1. The summed E-state index contributed by atoms with van der Waals surface area (Å²) < 4.78 is 60.2. The lowest BCUT2D eigenvalue weighted by Gasteiger charge is -2.51. The van der Waals surface area contributed by atoms with Crippen LogP contribution in [0.5, 0.6) is 0 Å². The van der Waals surface area contributed by atoms with Crippen LogP contribution in [0.3, 0.4) is 0 Å². The lowest BCUT2D eigenvalue weighted by molar-refractivity contribution is -0.132. The number of benzene rings is 4. The van der Waals surface area contributed by atoms with Crippen molar-refractivity contribution in [1.82, 2.24) is 8.61 Å². The Morgan fingerprint density at radius 2 is 1.26 bits per heavy atom. The molecule has 0 bridgehead atoms. The number of halogens is 1. The van der Waals surface area contributed by atoms with Crippen LogP contribution in [-0.4, -0.2) is 43.8 Å². The molecule has 0 spiro atoms. The molecule has 2 fully saturated rings. The van der Waals surface area contributed by atoms with Crippen molar-refractivity contribution in [3.05, 3.63) is 131 Å². The van der Waals surface area contributed by atoms with E-state index in [1.165, 1.54) is 20.7 Å². The van der Waals surface area contributed by atoms with Gasteiger partial charge in [-0.2, -0.15) is 8.61 Å². The molecule has 0 radical (unpaired) electrons. The lowest BCUT2D eigenvalue weighted by Crippen LogP contribution is -2.60. The molecule has 2 saturated heterocycles. The molecule has 7 nitrogen and oxygen atoms in total. The van der Waals surface area contributed by atoms with Gasteiger partial charge in [0.25, 0.3) is 0 Å². The van der Waals surface area contributed by atoms with E-state index in [1.54, 1.807) is 36.4 Å². The Hall–Kier alpha value is -3.34. The maximum Gasteiger partial charge on any atom is 0.245 e. The Balaban J connectivity index is 1.51. The van der Waals surface area contributed by atoms with Crippen molar-refractivity contribution in [2.75, 3.05) is 6.54 Å². The Labute approximate surface area is 257 Å². The number of rotatable bonds is 6. The number of aryl methyl sites for hydroxylation is 1. The van der Waals surface area contributed by atoms with E-state index in [-0.39, 0.29) is 40.0 Å². The zero-order valence-electron chi connectivity index (χ0n) is 23.5. The molecule has 222 valence electrons. The monoisotopic (exact) mass is 634 g/mol. The lowest BCUT2D eigenvalue weighted by atomic mass is 9.77. The van der Waals surface area contributed by atoms with Crippen LogP contribution in [0.2, 0.25) is 5.02 Å². The summed E-state index contributed by atoms with van der Waals surface area (Å²) in [5.74, 6) is -1.03. The van der Waals surface area contributed by atoms with Crippen LogP contribution in [0.4, 0.5) is 0 Å². The molecule has 6 rings (SSSR count). The number of carbonyl (C=O) groups excluding carboxylic acids is 1. The van der Waals surface area contributed by atoms with Gasteiger partial charge in [0, 0.05) is 24.9 Å². The molecule has 0 amide bonds. The molecule has 2 aliphatic rings. The first-order chi connectivity index (χ1) is 20.6. The third kappa shape index (κ3) is 5.45. The first kappa shape index (κ1) is 29.7. The molecule has 43 heavy (non-hydrogen) atoms. The first-order valence-corrected chi connectivity index (χ1v) is 17.3. The van der Waals surface area contributed by atoms with Crippen molar-refractivity contribution >= 4 is 37.4 Å². The van der Waals surface area contributed by atoms with Gasteiger partial charge >= 0.3 is 0 Å². The van der Waals surface area contributed by atoms with Crippen molar-refractivity contribution in [1.29, 1.82) is 0 Å². The Morgan fingerprint density at radius 3 is 1.86 bits per heavy atom. The van der Waals surface area contributed by atoms with Crippen molar-refractivity contribution in [2.45, 2.75) is 47.7 Å². The van der Waals surface area contributed by atoms with Crippen molar-refractivity contribution in [2.24, 2.45) is 5.92 Å². The van der Waals surface area contributed by atoms with Crippen LogP contribution in [0.15, 0.2) is 119 Å². The molecule has 10 heteroatoms. The van der Waals surface area contributed by atoms with Crippen LogP contribution in [0, 0.1) is 12.8 Å². The van der Waals surface area contributed by atoms with Gasteiger partial charge in [0.15, 0.2) is 0 Å². The van der Waals surface area contributed by atoms with E-state index in [0.717, 1.165) is 11.1 Å². The molecule has 4 aromatic carbocycles. The molecule has 0 N–H and O–H groups in total. The second-order valence-electron chi connectivity index (χ2n) is 11.1. The second-order valence-corrected chi connectivity index (χ2v) is 15.2. The van der Waals surface area contributed by atoms with E-state index in [2.05, 4.69) is 0 Å². The van der Waals surface area contributed by atoms with Crippen LogP contribution < -0.4 is 0 Å². The fourth-order valence-corrected chi connectivity index (χ4v) is 10.3. The average molecular weight is 635 g/mol. The van der Waals surface area contributed by atoms with Crippen LogP contribution in [0.1, 0.15) is 41.6 Å². The van der Waals surface area contributed by atoms with E-state index in [9.17, 15) is 21.6 Å². The van der Waals surface area contributed by atoms with E-state index < -0.39 is 44.1 Å². The van der Waals surface area contributed by atoms with Crippen molar-refractivity contribution in [3.63, 3.8) is 0 Å². The van der Waals surface area contributed by atoms with Crippen LogP contribution in [0.25, 0.3) is 0 Å². The van der Waals surface area contributed by atoms with E-state index in [1.807, 2.05) is 67.6 Å². The fraction of sp³-hybridized carbons (Fsp3) is 0.242. The first-order valence-electron chi connectivity index (χ1n) is 14.1. The summed E-state index contributed by atoms with van der Waals surface area (Å²) in [6.07, 6.45) is 0.0157. The summed E-state index contributed by atoms with van der Waals surface area (Å²) >= 11 is 6.45. The van der Waals surface area contributed by atoms with E-state index in [0.29, 0.717) is 5.56 Å². The third-order valence-electron chi connectivity index (χ3n) is 8.48. The Morgan fingerprint density at radius 1 is 0.698 bits per heavy atom. The quantitative estimate of drug-likeness (QED) is 0.253. The number of ketones is 1. The van der Waals surface area contributed by atoms with Gasteiger partial charge in [-0.3, -0.25) is 4.79 Å². The van der Waals surface area contributed by atoms with Gasteiger partial charge < -0.3 is 0 Å². The maximum atomic E-state index is 14.5. The van der Waals surface area contributed by atoms with Gasteiger partial charge in [0.2, 0.25) is 20.0 Å². The third-order valence-corrected chi connectivity index (χ3v) is 12.8. The number of fused-ring (bicyclic) bond motifs is 1. The molecule has 0 aromatic heterocycles. The number of hydrogen-bond acceptors (Lipinski definition) is 5. The highest BCUT2D eigenvalue weighted by Crippen LogP contribution is 2.48. The minimum Gasteiger partial charge on any atom is -0.299 e. The van der Waals surface area contributed by atoms with E-state index >= 15 is 0 Å². The topological polar surface area (TPSA) is 91.8 Å². The van der Waals surface area contributed by atoms with Crippen molar-refractivity contribution < 1.29 is 21.6 Å². The molecule has 4 aromatic rings. The number of nitrogens with zero attached hydrogens (tertiary/aromatic N) is 2. The van der Waals surface area contributed by atoms with Gasteiger partial charge in [0.1, 0.15) is 10.7 Å². The molecule has 0 aliphatic carbocycles. The molecule has 4 atom stereocenters. The largest absolute Gasteiger partial charge is 0.299 e. The summed E-state index contributed by atoms with van der Waals surface area (Å²) in [5.41, 5.74) is 2.34. The van der Waals surface area contributed by atoms with Crippen LogP contribution in [-0.2, 0) is 24.8 Å². The molecule has 3 unspecified atom stereocenters. The molecule has 0 saturated carbocycles. The SMILES string of the molecule is Cc1ccc(S(=O)(=O)N2CC3C(=O)C[C@@H](c4ccccc4)N(S(=O)(=O)c4ccccc4Cl)C3CC2c2ccccc2)cc1. The maximum absolute atomic E-state index is 14.5. The summed E-state index contributed by atoms with van der Waals surface area (Å²) in [5, 5.41) is 0.0850. The summed E-state index contributed by atoms with van der Waals surface area (Å²) in [4.78, 5) is 14.0. The predicted molar refractivity (Wildman–Crippen MR) is 165 cm³/mol. The summed E-state index contributed by atoms with van der Waals surface area (Å²) in [7, 11) is -8.25. The highest BCUT2D eigenvalue weighted by molar-refractivity contribution is 7.89. The van der Waals surface area contributed by atoms with Gasteiger partial charge in [-0.15, -0.1) is 0 Å². The summed E-state index contributed by atoms with van der Waals surface area (Å²) in [6, 6.07) is 28.9. The zero-order chi connectivity index (χ0) is 30.4. The predicted octanol–water partition coefficient (Wildman–Crippen LogP) is 6.17. The minimum absolute atomic E-state index is 0.0448. The fourth-order valence-electron chi connectivity index (χ4n) is 6.36. The van der Waals surface area contributed by atoms with Gasteiger partial charge in [0.05, 0.1) is 22.0 Å².